The zero-order valence-corrected chi connectivity index (χ0v) is 11.4. The molecule has 1 heterocycles. The summed E-state index contributed by atoms with van der Waals surface area (Å²) in [6.07, 6.45) is 0.586. The molecular weight excluding hydrogens is 279 g/mol. The highest BCUT2D eigenvalue weighted by Gasteiger charge is 2.31. The second kappa shape index (κ2) is 4.49. The highest BCUT2D eigenvalue weighted by Crippen LogP contribution is 2.35. The molecule has 0 fully saturated rings. The SMILES string of the molecule is Nc1cccc2c1CCN2S(=O)(=O)c1ccc(F)cc1. The Balaban J connectivity index is 2.07. The number of fused-ring (bicyclic) bond motifs is 1. The van der Waals surface area contributed by atoms with Gasteiger partial charge in [0.15, 0.2) is 0 Å². The first-order chi connectivity index (χ1) is 9.50. The molecule has 0 amide bonds. The van der Waals surface area contributed by atoms with Gasteiger partial charge >= 0.3 is 0 Å². The van der Waals surface area contributed by atoms with Gasteiger partial charge in [-0.25, -0.2) is 12.8 Å². The number of nitrogen functional groups attached to an aromatic ring is 1. The quantitative estimate of drug-likeness (QED) is 0.863. The van der Waals surface area contributed by atoms with E-state index in [-0.39, 0.29) is 4.90 Å². The summed E-state index contributed by atoms with van der Waals surface area (Å²) in [7, 11) is -3.67. The average Bonchev–Trinajstić information content (AvgIpc) is 2.85. The van der Waals surface area contributed by atoms with E-state index in [0.717, 1.165) is 17.7 Å². The summed E-state index contributed by atoms with van der Waals surface area (Å²) < 4.78 is 39.4. The van der Waals surface area contributed by atoms with Crippen LogP contribution in [0.2, 0.25) is 0 Å². The third-order valence-corrected chi connectivity index (χ3v) is 5.25. The lowest BCUT2D eigenvalue weighted by molar-refractivity contribution is 0.591. The lowest BCUT2D eigenvalue weighted by Crippen LogP contribution is -2.29. The molecule has 1 aliphatic heterocycles. The van der Waals surface area contributed by atoms with Crippen molar-refractivity contribution >= 4 is 21.4 Å². The molecule has 3 rings (SSSR count). The van der Waals surface area contributed by atoms with E-state index in [1.54, 1.807) is 18.2 Å². The molecule has 0 spiro atoms. The first-order valence-electron chi connectivity index (χ1n) is 6.16. The number of halogens is 1. The van der Waals surface area contributed by atoms with Gasteiger partial charge in [-0.1, -0.05) is 6.07 Å². The van der Waals surface area contributed by atoms with Crippen LogP contribution in [-0.2, 0) is 16.4 Å². The Morgan fingerprint density at radius 3 is 2.50 bits per heavy atom. The monoisotopic (exact) mass is 292 g/mol. The molecule has 0 aromatic heterocycles. The predicted octanol–water partition coefficient (Wildman–Crippen LogP) is 2.16. The summed E-state index contributed by atoms with van der Waals surface area (Å²) in [6, 6.07) is 10.1. The zero-order chi connectivity index (χ0) is 14.3. The maximum absolute atomic E-state index is 12.9. The van der Waals surface area contributed by atoms with Gasteiger partial charge in [-0.2, -0.15) is 0 Å². The molecular formula is C14H13FN2O2S. The topological polar surface area (TPSA) is 63.4 Å². The zero-order valence-electron chi connectivity index (χ0n) is 10.6. The summed E-state index contributed by atoms with van der Waals surface area (Å²) >= 11 is 0. The third kappa shape index (κ3) is 1.92. The molecule has 0 atom stereocenters. The predicted molar refractivity (Wildman–Crippen MR) is 75.5 cm³/mol. The molecule has 1 aliphatic rings. The molecule has 0 radical (unpaired) electrons. The van der Waals surface area contributed by atoms with Crippen molar-refractivity contribution in [1.82, 2.24) is 0 Å². The lowest BCUT2D eigenvalue weighted by Gasteiger charge is -2.19. The van der Waals surface area contributed by atoms with Crippen molar-refractivity contribution in [3.63, 3.8) is 0 Å². The molecule has 4 nitrogen and oxygen atoms in total. The highest BCUT2D eigenvalue weighted by atomic mass is 32.2. The van der Waals surface area contributed by atoms with Crippen LogP contribution in [0.25, 0.3) is 0 Å². The minimum Gasteiger partial charge on any atom is -0.398 e. The molecule has 6 heteroatoms. The van der Waals surface area contributed by atoms with Gasteiger partial charge in [0.1, 0.15) is 5.82 Å². The number of anilines is 2. The fraction of sp³-hybridized carbons (Fsp3) is 0.143. The van der Waals surface area contributed by atoms with E-state index in [9.17, 15) is 12.8 Å². The Morgan fingerprint density at radius 2 is 1.80 bits per heavy atom. The molecule has 20 heavy (non-hydrogen) atoms. The van der Waals surface area contributed by atoms with E-state index in [4.69, 9.17) is 5.73 Å². The van der Waals surface area contributed by atoms with Crippen LogP contribution < -0.4 is 10.0 Å². The molecule has 0 bridgehead atoms. The van der Waals surface area contributed by atoms with Crippen LogP contribution in [0, 0.1) is 5.82 Å². The summed E-state index contributed by atoms with van der Waals surface area (Å²) in [5, 5.41) is 0. The summed E-state index contributed by atoms with van der Waals surface area (Å²) in [5.74, 6) is -0.463. The minimum atomic E-state index is -3.67. The van der Waals surface area contributed by atoms with Crippen molar-refractivity contribution in [2.24, 2.45) is 0 Å². The maximum atomic E-state index is 12.9. The lowest BCUT2D eigenvalue weighted by atomic mass is 10.1. The van der Waals surface area contributed by atoms with Crippen LogP contribution in [0.5, 0.6) is 0 Å². The van der Waals surface area contributed by atoms with Crippen molar-refractivity contribution in [2.75, 3.05) is 16.6 Å². The van der Waals surface area contributed by atoms with Gasteiger partial charge in [0.05, 0.1) is 10.6 Å². The molecule has 104 valence electrons. The first-order valence-corrected chi connectivity index (χ1v) is 7.60. The summed E-state index contributed by atoms with van der Waals surface area (Å²) in [6.45, 7) is 0.350. The van der Waals surface area contributed by atoms with E-state index in [1.165, 1.54) is 16.4 Å². The normalized spacial score (nSPS) is 14.3. The van der Waals surface area contributed by atoms with Crippen molar-refractivity contribution in [2.45, 2.75) is 11.3 Å². The molecule has 2 aromatic carbocycles. The smallest absolute Gasteiger partial charge is 0.264 e. The molecule has 2 aromatic rings. The number of rotatable bonds is 2. The third-order valence-electron chi connectivity index (χ3n) is 3.42. The Bertz CT molecular complexity index is 757. The fourth-order valence-electron chi connectivity index (χ4n) is 2.42. The molecule has 2 N–H and O–H groups in total. The van der Waals surface area contributed by atoms with Gasteiger partial charge in [0.2, 0.25) is 0 Å². The van der Waals surface area contributed by atoms with E-state index in [2.05, 4.69) is 0 Å². The summed E-state index contributed by atoms with van der Waals surface area (Å²) in [4.78, 5) is 0.0779. The fourth-order valence-corrected chi connectivity index (χ4v) is 3.91. The van der Waals surface area contributed by atoms with Crippen LogP contribution in [0.15, 0.2) is 47.4 Å². The minimum absolute atomic E-state index is 0.0779. The molecule has 0 saturated heterocycles. The molecule has 0 aliphatic carbocycles. The van der Waals surface area contributed by atoms with Gasteiger partial charge in [-0.15, -0.1) is 0 Å². The number of sulfonamides is 1. The van der Waals surface area contributed by atoms with Crippen molar-refractivity contribution in [1.29, 1.82) is 0 Å². The van der Waals surface area contributed by atoms with Crippen molar-refractivity contribution in [3.05, 3.63) is 53.8 Å². The van der Waals surface area contributed by atoms with E-state index in [1.807, 2.05) is 0 Å². The largest absolute Gasteiger partial charge is 0.398 e. The van der Waals surface area contributed by atoms with Crippen LogP contribution >= 0.6 is 0 Å². The number of hydrogen-bond donors (Lipinski definition) is 1. The first kappa shape index (κ1) is 12.9. The molecule has 0 saturated carbocycles. The van der Waals surface area contributed by atoms with Gasteiger partial charge < -0.3 is 5.73 Å². The number of hydrogen-bond acceptors (Lipinski definition) is 3. The van der Waals surface area contributed by atoms with Crippen molar-refractivity contribution < 1.29 is 12.8 Å². The Morgan fingerprint density at radius 1 is 1.10 bits per heavy atom. The Labute approximate surface area is 116 Å². The Hall–Kier alpha value is -2.08. The van der Waals surface area contributed by atoms with Gasteiger partial charge in [-0.05, 0) is 42.8 Å². The highest BCUT2D eigenvalue weighted by molar-refractivity contribution is 7.92. The summed E-state index contributed by atoms with van der Waals surface area (Å²) in [5.41, 5.74) is 7.91. The maximum Gasteiger partial charge on any atom is 0.264 e. The Kier molecular flexibility index (Phi) is 2.90. The number of benzene rings is 2. The van der Waals surface area contributed by atoms with Crippen molar-refractivity contribution in [3.8, 4) is 0 Å². The van der Waals surface area contributed by atoms with Crippen LogP contribution in [0.4, 0.5) is 15.8 Å². The van der Waals surface area contributed by atoms with E-state index >= 15 is 0 Å². The van der Waals surface area contributed by atoms with Crippen LogP contribution in [0.3, 0.4) is 0 Å². The number of nitrogens with zero attached hydrogens (tertiary/aromatic N) is 1. The van der Waals surface area contributed by atoms with Gasteiger partial charge in [-0.3, -0.25) is 4.31 Å². The number of nitrogens with two attached hydrogens (primary N) is 1. The molecule has 0 unspecified atom stereocenters. The van der Waals surface area contributed by atoms with E-state index < -0.39 is 15.8 Å². The second-order valence-electron chi connectivity index (χ2n) is 4.63. The van der Waals surface area contributed by atoms with Crippen LogP contribution in [-0.4, -0.2) is 15.0 Å². The van der Waals surface area contributed by atoms with Gasteiger partial charge in [0, 0.05) is 17.8 Å². The van der Waals surface area contributed by atoms with Gasteiger partial charge in [0.25, 0.3) is 10.0 Å². The second-order valence-corrected chi connectivity index (χ2v) is 6.49. The standard InChI is InChI=1S/C14H13FN2O2S/c15-10-4-6-11(7-5-10)20(18,19)17-9-8-12-13(16)2-1-3-14(12)17/h1-7H,8-9,16H2. The van der Waals surface area contributed by atoms with Crippen LogP contribution in [0.1, 0.15) is 5.56 Å². The van der Waals surface area contributed by atoms with E-state index in [0.29, 0.717) is 24.3 Å². The average molecular weight is 292 g/mol.